The number of nitrogen functional groups attached to an aromatic ring is 1. The third-order valence-corrected chi connectivity index (χ3v) is 6.09. The van der Waals surface area contributed by atoms with Gasteiger partial charge in [-0.1, -0.05) is 20.8 Å². The van der Waals surface area contributed by atoms with E-state index >= 15 is 0 Å². The van der Waals surface area contributed by atoms with Crippen LogP contribution in [0.25, 0.3) is 11.3 Å². The number of aromatic nitrogens is 3. The fourth-order valence-electron chi connectivity index (χ4n) is 4.37. The number of halogens is 3. The van der Waals surface area contributed by atoms with Gasteiger partial charge in [-0.3, -0.25) is 0 Å². The van der Waals surface area contributed by atoms with Crippen LogP contribution in [0.5, 0.6) is 0 Å². The van der Waals surface area contributed by atoms with Gasteiger partial charge in [-0.2, -0.15) is 13.2 Å². The van der Waals surface area contributed by atoms with E-state index in [1.54, 1.807) is 0 Å². The predicted octanol–water partition coefficient (Wildman–Crippen LogP) is 4.69. The lowest BCUT2D eigenvalue weighted by atomic mass is 9.86. The van der Waals surface area contributed by atoms with Crippen LogP contribution in [0.2, 0.25) is 0 Å². The van der Waals surface area contributed by atoms with Gasteiger partial charge in [0.1, 0.15) is 11.6 Å². The Labute approximate surface area is 186 Å². The molecule has 1 saturated heterocycles. The Balaban J connectivity index is 1.70. The van der Waals surface area contributed by atoms with Gasteiger partial charge in [-0.25, -0.2) is 9.97 Å². The third kappa shape index (κ3) is 4.48. The molecule has 0 amide bonds. The van der Waals surface area contributed by atoms with Crippen LogP contribution < -0.4 is 5.73 Å². The van der Waals surface area contributed by atoms with Crippen LogP contribution in [0, 0.1) is 5.41 Å². The second kappa shape index (κ2) is 8.10. The highest BCUT2D eigenvalue weighted by molar-refractivity contribution is 5.62. The number of rotatable bonds is 4. The average Bonchev–Trinajstić information content (AvgIpc) is 3.08. The summed E-state index contributed by atoms with van der Waals surface area (Å²) in [6.45, 7) is 11.8. The molecule has 4 rings (SSSR count). The number of ether oxygens (including phenoxy) is 1. The van der Waals surface area contributed by atoms with Gasteiger partial charge in [0.25, 0.3) is 0 Å². The van der Waals surface area contributed by atoms with Crippen LogP contribution in [0.4, 0.5) is 19.0 Å². The molecule has 174 valence electrons. The number of nitrogens with two attached hydrogens (primary N) is 1. The number of anilines is 1. The molecule has 1 atom stereocenters. The van der Waals surface area contributed by atoms with Gasteiger partial charge < -0.3 is 19.9 Å². The van der Waals surface area contributed by atoms with E-state index in [2.05, 4.69) is 42.1 Å². The van der Waals surface area contributed by atoms with Crippen molar-refractivity contribution in [1.82, 2.24) is 19.4 Å². The van der Waals surface area contributed by atoms with Crippen LogP contribution >= 0.6 is 0 Å². The number of pyridine rings is 1. The van der Waals surface area contributed by atoms with Gasteiger partial charge in [-0.05, 0) is 24.0 Å². The normalized spacial score (nSPS) is 20.0. The maximum absolute atomic E-state index is 13.3. The lowest BCUT2D eigenvalue weighted by Gasteiger charge is -2.42. The van der Waals surface area contributed by atoms with Crippen molar-refractivity contribution >= 4 is 5.82 Å². The number of alkyl halides is 3. The summed E-state index contributed by atoms with van der Waals surface area (Å²) in [7, 11) is 0. The summed E-state index contributed by atoms with van der Waals surface area (Å²) in [6, 6.07) is 1.19. The largest absolute Gasteiger partial charge is 0.419 e. The van der Waals surface area contributed by atoms with Gasteiger partial charge in [0.15, 0.2) is 0 Å². The summed E-state index contributed by atoms with van der Waals surface area (Å²) < 4.78 is 47.6. The van der Waals surface area contributed by atoms with Crippen molar-refractivity contribution in [3.05, 3.63) is 41.1 Å². The molecule has 1 aliphatic heterocycles. The molecule has 0 bridgehead atoms. The summed E-state index contributed by atoms with van der Waals surface area (Å²) in [5.74, 6) is 0.340. The highest BCUT2D eigenvalue weighted by Gasteiger charge is 2.36. The Morgan fingerprint density at radius 1 is 1.19 bits per heavy atom. The monoisotopic (exact) mass is 449 g/mol. The van der Waals surface area contributed by atoms with Crippen molar-refractivity contribution in [2.75, 3.05) is 32.0 Å². The van der Waals surface area contributed by atoms with Crippen molar-refractivity contribution in [3.8, 4) is 11.3 Å². The minimum Gasteiger partial charge on any atom is -0.383 e. The Morgan fingerprint density at radius 3 is 2.47 bits per heavy atom. The first kappa shape index (κ1) is 22.6. The van der Waals surface area contributed by atoms with Gasteiger partial charge in [0.05, 0.1) is 30.5 Å². The van der Waals surface area contributed by atoms with E-state index in [9.17, 15) is 13.2 Å². The van der Waals surface area contributed by atoms with Gasteiger partial charge in [0.2, 0.25) is 0 Å². The zero-order valence-electron chi connectivity index (χ0n) is 19.0. The topological polar surface area (TPSA) is 69.2 Å². The second-order valence-electron chi connectivity index (χ2n) is 9.79. The Kier molecular flexibility index (Phi) is 5.73. The maximum atomic E-state index is 13.3. The Bertz CT molecular complexity index is 1030. The lowest BCUT2D eigenvalue weighted by molar-refractivity contribution is -0.137. The molecule has 3 heterocycles. The first-order valence-electron chi connectivity index (χ1n) is 10.9. The Morgan fingerprint density at radius 2 is 1.88 bits per heavy atom. The van der Waals surface area contributed by atoms with Crippen LogP contribution in [-0.2, 0) is 17.3 Å². The molecule has 9 heteroatoms. The summed E-state index contributed by atoms with van der Waals surface area (Å²) in [4.78, 5) is 10.9. The second-order valence-corrected chi connectivity index (χ2v) is 9.79. The molecule has 1 aliphatic carbocycles. The highest BCUT2D eigenvalue weighted by atomic mass is 19.4. The standard InChI is InChI=1S/C23H30F3N5O/c1-14-18(30-5-7-32-8-6-30)10-19(14)31-13-17(29-20(31)11-22(2,3)4)15-9-16(23(24,25)26)21(27)28-12-15/h9,12-13,19H,5-8,10-11H2,1-4H3,(H2,27,28). The quantitative estimate of drug-likeness (QED) is 0.734. The summed E-state index contributed by atoms with van der Waals surface area (Å²) in [5.41, 5.74) is 7.93. The molecule has 2 aromatic rings. The zero-order valence-corrected chi connectivity index (χ0v) is 19.0. The van der Waals surface area contributed by atoms with Crippen LogP contribution in [0.1, 0.15) is 51.5 Å². The van der Waals surface area contributed by atoms with E-state index in [0.29, 0.717) is 17.7 Å². The average molecular weight is 450 g/mol. The fourth-order valence-corrected chi connectivity index (χ4v) is 4.37. The number of hydrogen-bond acceptors (Lipinski definition) is 5. The molecule has 1 fully saturated rings. The van der Waals surface area contributed by atoms with E-state index in [1.807, 2.05) is 6.20 Å². The van der Waals surface area contributed by atoms with Crippen molar-refractivity contribution in [2.45, 2.75) is 52.8 Å². The molecule has 2 aromatic heterocycles. The zero-order chi connectivity index (χ0) is 23.3. The van der Waals surface area contributed by atoms with Gasteiger partial charge >= 0.3 is 6.18 Å². The molecule has 0 radical (unpaired) electrons. The van der Waals surface area contributed by atoms with Crippen LogP contribution in [0.15, 0.2) is 29.7 Å². The smallest absolute Gasteiger partial charge is 0.383 e. The number of imidazole rings is 1. The summed E-state index contributed by atoms with van der Waals surface area (Å²) in [5, 5.41) is 0. The molecule has 1 unspecified atom stereocenters. The van der Waals surface area contributed by atoms with E-state index in [-0.39, 0.29) is 11.5 Å². The van der Waals surface area contributed by atoms with Crippen molar-refractivity contribution in [1.29, 1.82) is 0 Å². The number of hydrogen-bond donors (Lipinski definition) is 1. The van der Waals surface area contributed by atoms with Crippen molar-refractivity contribution in [2.24, 2.45) is 5.41 Å². The van der Waals surface area contributed by atoms with Gasteiger partial charge in [-0.15, -0.1) is 0 Å². The number of nitrogens with zero attached hydrogens (tertiary/aromatic N) is 4. The summed E-state index contributed by atoms with van der Waals surface area (Å²) >= 11 is 0. The number of morpholine rings is 1. The highest BCUT2D eigenvalue weighted by Crippen LogP contribution is 2.43. The van der Waals surface area contributed by atoms with Crippen molar-refractivity contribution < 1.29 is 17.9 Å². The van der Waals surface area contributed by atoms with E-state index < -0.39 is 17.6 Å². The maximum Gasteiger partial charge on any atom is 0.419 e. The molecular formula is C23H30F3N5O. The fraction of sp³-hybridized carbons (Fsp3) is 0.565. The molecule has 6 nitrogen and oxygen atoms in total. The first-order chi connectivity index (χ1) is 14.9. The molecule has 2 aliphatic rings. The first-order valence-corrected chi connectivity index (χ1v) is 10.9. The van der Waals surface area contributed by atoms with Crippen LogP contribution in [0.3, 0.4) is 0 Å². The molecule has 32 heavy (non-hydrogen) atoms. The van der Waals surface area contributed by atoms with E-state index in [0.717, 1.165) is 44.6 Å². The van der Waals surface area contributed by atoms with E-state index in [4.69, 9.17) is 15.5 Å². The molecule has 0 spiro atoms. The van der Waals surface area contributed by atoms with Gasteiger partial charge in [0, 0.05) is 49.6 Å². The predicted molar refractivity (Wildman–Crippen MR) is 117 cm³/mol. The summed E-state index contributed by atoms with van der Waals surface area (Å²) in [6.07, 6.45) is 0.244. The minimum absolute atomic E-state index is 0.0225. The van der Waals surface area contributed by atoms with Crippen LogP contribution in [-0.4, -0.2) is 45.7 Å². The molecule has 0 saturated carbocycles. The molecule has 0 aromatic carbocycles. The molecular weight excluding hydrogens is 419 g/mol. The molecule has 2 N–H and O–H groups in total. The third-order valence-electron chi connectivity index (χ3n) is 6.09. The lowest BCUT2D eigenvalue weighted by Crippen LogP contribution is -2.40. The van der Waals surface area contributed by atoms with Crippen molar-refractivity contribution in [3.63, 3.8) is 0 Å². The van der Waals surface area contributed by atoms with E-state index in [1.165, 1.54) is 17.5 Å². The Hall–Kier alpha value is -2.55. The minimum atomic E-state index is -4.57. The SMILES string of the molecule is CC1=C(N2CCOCC2)CC1n1cc(-c2cnc(N)c(C(F)(F)F)c2)nc1CC(C)(C)C. The number of allylic oxidation sites excluding steroid dienone is 2.